The fourth-order valence-corrected chi connectivity index (χ4v) is 3.24. The van der Waals surface area contributed by atoms with Crippen molar-refractivity contribution in [2.24, 2.45) is 5.92 Å². The summed E-state index contributed by atoms with van der Waals surface area (Å²) < 4.78 is 5.59. The molecule has 29 heavy (non-hydrogen) atoms. The summed E-state index contributed by atoms with van der Waals surface area (Å²) in [6, 6.07) is 9.54. The topological polar surface area (TPSA) is 87.7 Å². The number of benzene rings is 1. The Labute approximate surface area is 173 Å². The molecule has 1 saturated heterocycles. The van der Waals surface area contributed by atoms with Crippen LogP contribution in [-0.2, 0) is 14.4 Å². The van der Waals surface area contributed by atoms with Gasteiger partial charge in [-0.3, -0.25) is 14.4 Å². The average molecular weight is 404 g/mol. The summed E-state index contributed by atoms with van der Waals surface area (Å²) in [5, 5.41) is 5.72. The Morgan fingerprint density at radius 3 is 2.69 bits per heavy atom. The number of nitrogens with one attached hydrogen (secondary N) is 2. The Bertz CT molecular complexity index is 665. The highest BCUT2D eigenvalue weighted by Gasteiger charge is 2.28. The van der Waals surface area contributed by atoms with E-state index in [1.807, 2.05) is 44.2 Å². The fraction of sp³-hybridized carbons (Fsp3) is 0.591. The van der Waals surface area contributed by atoms with Gasteiger partial charge in [-0.25, -0.2) is 0 Å². The smallest absolute Gasteiger partial charge is 0.226 e. The van der Waals surface area contributed by atoms with Gasteiger partial charge in [-0.05, 0) is 38.3 Å². The lowest BCUT2D eigenvalue weighted by Gasteiger charge is -2.32. The van der Waals surface area contributed by atoms with Crippen LogP contribution in [0.1, 0.15) is 46.0 Å². The largest absolute Gasteiger partial charge is 0.493 e. The number of hydrogen-bond acceptors (Lipinski definition) is 4. The Balaban J connectivity index is 1.68. The lowest BCUT2D eigenvalue weighted by Crippen LogP contribution is -2.46. The second-order valence-electron chi connectivity index (χ2n) is 7.51. The van der Waals surface area contributed by atoms with Crippen LogP contribution in [0.15, 0.2) is 30.3 Å². The lowest BCUT2D eigenvalue weighted by molar-refractivity contribution is -0.136. The van der Waals surface area contributed by atoms with Gasteiger partial charge in [0.25, 0.3) is 0 Å². The molecule has 0 aromatic heterocycles. The van der Waals surface area contributed by atoms with E-state index in [4.69, 9.17) is 4.74 Å². The second-order valence-corrected chi connectivity index (χ2v) is 7.51. The van der Waals surface area contributed by atoms with Crippen molar-refractivity contribution in [2.45, 2.75) is 52.0 Å². The van der Waals surface area contributed by atoms with Crippen LogP contribution in [0.3, 0.4) is 0 Å². The van der Waals surface area contributed by atoms with E-state index in [-0.39, 0.29) is 36.1 Å². The first kappa shape index (κ1) is 22.7. The quantitative estimate of drug-likeness (QED) is 0.626. The molecule has 7 nitrogen and oxygen atoms in total. The van der Waals surface area contributed by atoms with E-state index in [0.717, 1.165) is 25.0 Å². The Morgan fingerprint density at radius 1 is 1.21 bits per heavy atom. The molecule has 160 valence electrons. The summed E-state index contributed by atoms with van der Waals surface area (Å²) in [6.45, 7) is 5.70. The predicted molar refractivity (Wildman–Crippen MR) is 111 cm³/mol. The monoisotopic (exact) mass is 403 g/mol. The number of piperidine rings is 1. The van der Waals surface area contributed by atoms with Crippen molar-refractivity contribution >= 4 is 17.7 Å². The van der Waals surface area contributed by atoms with Crippen LogP contribution in [-0.4, -0.2) is 54.9 Å². The number of rotatable bonds is 10. The number of amides is 3. The van der Waals surface area contributed by atoms with Crippen molar-refractivity contribution in [3.8, 4) is 5.75 Å². The molecule has 0 bridgehead atoms. The molecule has 2 atom stereocenters. The van der Waals surface area contributed by atoms with Crippen LogP contribution < -0.4 is 15.4 Å². The van der Waals surface area contributed by atoms with Crippen LogP contribution in [0.5, 0.6) is 5.75 Å². The standard InChI is InChI=1S/C22H33N3O4/c1-3-17(2)24-20(26)11-13-23-22(28)18-8-7-14-25(16-18)21(27)12-15-29-19-9-5-4-6-10-19/h4-6,9-10,17-18H,3,7-8,11-16H2,1-2H3,(H,23,28)(H,24,26). The first-order chi connectivity index (χ1) is 14.0. The van der Waals surface area contributed by atoms with Crippen molar-refractivity contribution < 1.29 is 19.1 Å². The van der Waals surface area contributed by atoms with Crippen molar-refractivity contribution in [1.29, 1.82) is 0 Å². The maximum Gasteiger partial charge on any atom is 0.226 e. The molecule has 1 aliphatic rings. The van der Waals surface area contributed by atoms with E-state index in [1.165, 1.54) is 0 Å². The molecule has 2 rings (SSSR count). The molecular weight excluding hydrogens is 370 g/mol. The SMILES string of the molecule is CCC(C)NC(=O)CCNC(=O)C1CCCN(C(=O)CCOc2ccccc2)C1. The number of carbonyl (C=O) groups is 3. The highest BCUT2D eigenvalue weighted by Crippen LogP contribution is 2.18. The summed E-state index contributed by atoms with van der Waals surface area (Å²) >= 11 is 0. The molecule has 7 heteroatoms. The summed E-state index contributed by atoms with van der Waals surface area (Å²) in [5.74, 6) is 0.387. The summed E-state index contributed by atoms with van der Waals surface area (Å²) in [7, 11) is 0. The van der Waals surface area contributed by atoms with Crippen LogP contribution in [0.2, 0.25) is 0 Å². The van der Waals surface area contributed by atoms with Gasteiger partial charge in [-0.1, -0.05) is 25.1 Å². The summed E-state index contributed by atoms with van der Waals surface area (Å²) in [6.07, 6.45) is 2.99. The first-order valence-electron chi connectivity index (χ1n) is 10.5. The Kier molecular flexibility index (Phi) is 9.47. The van der Waals surface area contributed by atoms with E-state index < -0.39 is 0 Å². The molecule has 1 aromatic carbocycles. The van der Waals surface area contributed by atoms with Crippen molar-refractivity contribution in [3.63, 3.8) is 0 Å². The molecule has 1 aromatic rings. The minimum Gasteiger partial charge on any atom is -0.493 e. The predicted octanol–water partition coefficient (Wildman–Crippen LogP) is 2.12. The minimum absolute atomic E-state index is 0.00589. The number of carbonyl (C=O) groups excluding carboxylic acids is 3. The Hall–Kier alpha value is -2.57. The number of nitrogens with zero attached hydrogens (tertiary/aromatic N) is 1. The normalized spacial score (nSPS) is 17.3. The number of ether oxygens (including phenoxy) is 1. The van der Waals surface area contributed by atoms with Gasteiger partial charge in [0, 0.05) is 32.1 Å². The zero-order chi connectivity index (χ0) is 21.1. The van der Waals surface area contributed by atoms with E-state index in [9.17, 15) is 14.4 Å². The molecule has 1 heterocycles. The van der Waals surface area contributed by atoms with Gasteiger partial charge in [0.15, 0.2) is 0 Å². The van der Waals surface area contributed by atoms with Crippen LogP contribution in [0.25, 0.3) is 0 Å². The maximum atomic E-state index is 12.5. The maximum absolute atomic E-state index is 12.5. The zero-order valence-electron chi connectivity index (χ0n) is 17.5. The molecule has 1 fully saturated rings. The second kappa shape index (κ2) is 12.1. The molecule has 0 saturated carbocycles. The van der Waals surface area contributed by atoms with Crippen LogP contribution in [0.4, 0.5) is 0 Å². The van der Waals surface area contributed by atoms with Gasteiger partial charge in [0.1, 0.15) is 5.75 Å². The van der Waals surface area contributed by atoms with E-state index in [1.54, 1.807) is 4.90 Å². The van der Waals surface area contributed by atoms with Gasteiger partial charge in [-0.2, -0.15) is 0 Å². The number of likely N-dealkylation sites (tertiary alicyclic amines) is 1. The van der Waals surface area contributed by atoms with Crippen molar-refractivity contribution in [1.82, 2.24) is 15.5 Å². The minimum atomic E-state index is -0.222. The zero-order valence-corrected chi connectivity index (χ0v) is 17.5. The van der Waals surface area contributed by atoms with Gasteiger partial charge in [-0.15, -0.1) is 0 Å². The summed E-state index contributed by atoms with van der Waals surface area (Å²) in [5.41, 5.74) is 0. The van der Waals surface area contributed by atoms with E-state index >= 15 is 0 Å². The third-order valence-electron chi connectivity index (χ3n) is 5.14. The first-order valence-corrected chi connectivity index (χ1v) is 10.5. The van der Waals surface area contributed by atoms with Gasteiger partial charge in [0.05, 0.1) is 18.9 Å². The Morgan fingerprint density at radius 2 is 1.97 bits per heavy atom. The number of hydrogen-bond donors (Lipinski definition) is 2. The van der Waals surface area contributed by atoms with E-state index in [2.05, 4.69) is 10.6 Å². The highest BCUT2D eigenvalue weighted by molar-refractivity contribution is 5.82. The molecule has 2 unspecified atom stereocenters. The third kappa shape index (κ3) is 8.13. The fourth-order valence-electron chi connectivity index (χ4n) is 3.24. The van der Waals surface area contributed by atoms with Gasteiger partial charge >= 0.3 is 0 Å². The third-order valence-corrected chi connectivity index (χ3v) is 5.14. The van der Waals surface area contributed by atoms with Crippen molar-refractivity contribution in [2.75, 3.05) is 26.2 Å². The molecule has 1 aliphatic heterocycles. The average Bonchev–Trinajstić information content (AvgIpc) is 2.74. The van der Waals surface area contributed by atoms with Gasteiger partial charge < -0.3 is 20.3 Å². The summed E-state index contributed by atoms with van der Waals surface area (Å²) in [4.78, 5) is 38.4. The lowest BCUT2D eigenvalue weighted by atomic mass is 9.97. The van der Waals surface area contributed by atoms with Gasteiger partial charge in [0.2, 0.25) is 17.7 Å². The molecule has 3 amide bonds. The molecule has 2 N–H and O–H groups in total. The number of para-hydroxylation sites is 1. The molecule has 0 spiro atoms. The molecule has 0 aliphatic carbocycles. The van der Waals surface area contributed by atoms with Crippen LogP contribution in [0, 0.1) is 5.92 Å². The molecule has 0 radical (unpaired) electrons. The van der Waals surface area contributed by atoms with Crippen LogP contribution >= 0.6 is 0 Å². The van der Waals surface area contributed by atoms with E-state index in [0.29, 0.717) is 32.7 Å². The van der Waals surface area contributed by atoms with Crippen molar-refractivity contribution in [3.05, 3.63) is 30.3 Å². The highest BCUT2D eigenvalue weighted by atomic mass is 16.5. The molecular formula is C22H33N3O4.